The monoisotopic (exact) mass is 289 g/mol. The summed E-state index contributed by atoms with van der Waals surface area (Å²) < 4.78 is 5.43. The fourth-order valence-corrected chi connectivity index (χ4v) is 2.29. The Balaban J connectivity index is 1.93. The molecule has 0 spiro atoms. The van der Waals surface area contributed by atoms with Crippen molar-refractivity contribution in [2.45, 2.75) is 39.7 Å². The molecule has 0 aromatic heterocycles. The van der Waals surface area contributed by atoms with E-state index in [0.717, 1.165) is 36.3 Å². The standard InChI is InChI=1S/C17H27N3O/c1-4-18-17(19-10-9-14-6-7-14)20-12-15-8-5-13(2)11-16(15)21-3/h5,8,11,14H,4,6-7,9-10,12H2,1-3H3,(H2,18,19,20). The first kappa shape index (κ1) is 15.7. The van der Waals surface area contributed by atoms with Gasteiger partial charge in [-0.3, -0.25) is 0 Å². The van der Waals surface area contributed by atoms with Crippen molar-refractivity contribution in [2.24, 2.45) is 10.9 Å². The van der Waals surface area contributed by atoms with Crippen molar-refractivity contribution in [2.75, 3.05) is 20.2 Å². The molecule has 4 nitrogen and oxygen atoms in total. The van der Waals surface area contributed by atoms with Crippen LogP contribution in [0.1, 0.15) is 37.3 Å². The van der Waals surface area contributed by atoms with Gasteiger partial charge in [-0.25, -0.2) is 4.99 Å². The summed E-state index contributed by atoms with van der Waals surface area (Å²) >= 11 is 0. The highest BCUT2D eigenvalue weighted by molar-refractivity contribution is 5.79. The van der Waals surface area contributed by atoms with Gasteiger partial charge in [0.25, 0.3) is 0 Å². The fourth-order valence-electron chi connectivity index (χ4n) is 2.29. The average molecular weight is 289 g/mol. The van der Waals surface area contributed by atoms with Crippen LogP contribution in [0.25, 0.3) is 0 Å². The minimum absolute atomic E-state index is 0.627. The van der Waals surface area contributed by atoms with Gasteiger partial charge in [-0.2, -0.15) is 0 Å². The Morgan fingerprint density at radius 3 is 2.81 bits per heavy atom. The van der Waals surface area contributed by atoms with E-state index in [4.69, 9.17) is 4.74 Å². The number of methoxy groups -OCH3 is 1. The Hall–Kier alpha value is -1.71. The fraction of sp³-hybridized carbons (Fsp3) is 0.588. The van der Waals surface area contributed by atoms with Gasteiger partial charge in [0.2, 0.25) is 0 Å². The first-order valence-electron chi connectivity index (χ1n) is 7.88. The van der Waals surface area contributed by atoms with Crippen LogP contribution in [0.2, 0.25) is 0 Å². The molecule has 0 radical (unpaired) electrons. The lowest BCUT2D eigenvalue weighted by molar-refractivity contribution is 0.409. The third-order valence-electron chi connectivity index (χ3n) is 3.74. The first-order chi connectivity index (χ1) is 10.2. The molecule has 0 atom stereocenters. The van der Waals surface area contributed by atoms with Crippen LogP contribution in [0.3, 0.4) is 0 Å². The predicted molar refractivity (Wildman–Crippen MR) is 87.9 cm³/mol. The second-order valence-corrected chi connectivity index (χ2v) is 5.67. The SMILES string of the molecule is CCNC(=NCc1ccc(C)cc1OC)NCCC1CC1. The molecule has 21 heavy (non-hydrogen) atoms. The van der Waals surface area contributed by atoms with Gasteiger partial charge < -0.3 is 15.4 Å². The van der Waals surface area contributed by atoms with Crippen molar-refractivity contribution in [3.8, 4) is 5.75 Å². The van der Waals surface area contributed by atoms with E-state index in [2.05, 4.69) is 47.7 Å². The van der Waals surface area contributed by atoms with Gasteiger partial charge in [-0.1, -0.05) is 25.0 Å². The topological polar surface area (TPSA) is 45.7 Å². The average Bonchev–Trinajstić information content (AvgIpc) is 3.29. The van der Waals surface area contributed by atoms with E-state index in [9.17, 15) is 0 Å². The molecule has 0 unspecified atom stereocenters. The summed E-state index contributed by atoms with van der Waals surface area (Å²) in [7, 11) is 1.71. The van der Waals surface area contributed by atoms with Crippen molar-refractivity contribution in [1.82, 2.24) is 10.6 Å². The summed E-state index contributed by atoms with van der Waals surface area (Å²) in [5, 5.41) is 6.70. The second kappa shape index (κ2) is 7.91. The molecule has 0 aliphatic heterocycles. The second-order valence-electron chi connectivity index (χ2n) is 5.67. The van der Waals surface area contributed by atoms with Crippen LogP contribution in [0, 0.1) is 12.8 Å². The molecule has 1 aliphatic carbocycles. The zero-order valence-corrected chi connectivity index (χ0v) is 13.4. The van der Waals surface area contributed by atoms with Crippen LogP contribution < -0.4 is 15.4 Å². The number of benzene rings is 1. The zero-order chi connectivity index (χ0) is 15.1. The maximum Gasteiger partial charge on any atom is 0.191 e. The van der Waals surface area contributed by atoms with Crippen molar-refractivity contribution < 1.29 is 4.74 Å². The number of guanidine groups is 1. The highest BCUT2D eigenvalue weighted by Gasteiger charge is 2.20. The smallest absolute Gasteiger partial charge is 0.191 e. The molecule has 4 heteroatoms. The molecule has 1 aromatic carbocycles. The van der Waals surface area contributed by atoms with Gasteiger partial charge in [-0.05, 0) is 37.8 Å². The summed E-state index contributed by atoms with van der Waals surface area (Å²) in [4.78, 5) is 4.65. The van der Waals surface area contributed by atoms with Crippen molar-refractivity contribution in [1.29, 1.82) is 0 Å². The molecule has 116 valence electrons. The number of aliphatic imine (C=N–C) groups is 1. The number of nitrogens with one attached hydrogen (secondary N) is 2. The third kappa shape index (κ3) is 5.29. The van der Waals surface area contributed by atoms with E-state index < -0.39 is 0 Å². The molecule has 0 bridgehead atoms. The van der Waals surface area contributed by atoms with Gasteiger partial charge in [0, 0.05) is 18.7 Å². The Kier molecular flexibility index (Phi) is 5.90. The summed E-state index contributed by atoms with van der Waals surface area (Å²) in [5.41, 5.74) is 2.32. The van der Waals surface area contributed by atoms with Crippen molar-refractivity contribution in [3.05, 3.63) is 29.3 Å². The Morgan fingerprint density at radius 1 is 1.33 bits per heavy atom. The Bertz CT molecular complexity index is 481. The van der Waals surface area contributed by atoms with E-state index in [1.165, 1.54) is 24.8 Å². The van der Waals surface area contributed by atoms with Crippen LogP contribution >= 0.6 is 0 Å². The molecular formula is C17H27N3O. The van der Waals surface area contributed by atoms with Crippen molar-refractivity contribution in [3.63, 3.8) is 0 Å². The lowest BCUT2D eigenvalue weighted by Crippen LogP contribution is -2.37. The van der Waals surface area contributed by atoms with Crippen LogP contribution in [-0.2, 0) is 6.54 Å². The summed E-state index contributed by atoms with van der Waals surface area (Å²) in [5.74, 6) is 2.74. The lowest BCUT2D eigenvalue weighted by Gasteiger charge is -2.12. The summed E-state index contributed by atoms with van der Waals surface area (Å²) in [6.07, 6.45) is 4.05. The normalized spacial score (nSPS) is 14.9. The number of aryl methyl sites for hydroxylation is 1. The van der Waals surface area contributed by atoms with Gasteiger partial charge in [0.15, 0.2) is 5.96 Å². The molecule has 1 aliphatic rings. The molecular weight excluding hydrogens is 262 g/mol. The van der Waals surface area contributed by atoms with E-state index in [1.54, 1.807) is 7.11 Å². The van der Waals surface area contributed by atoms with Crippen LogP contribution in [0.15, 0.2) is 23.2 Å². The number of nitrogens with zero attached hydrogens (tertiary/aromatic N) is 1. The van der Waals surface area contributed by atoms with E-state index in [1.807, 2.05) is 0 Å². The largest absolute Gasteiger partial charge is 0.496 e. The van der Waals surface area contributed by atoms with Gasteiger partial charge in [0.05, 0.1) is 13.7 Å². The minimum Gasteiger partial charge on any atom is -0.496 e. The number of ether oxygens (including phenoxy) is 1. The maximum absolute atomic E-state index is 5.43. The van der Waals surface area contributed by atoms with Crippen molar-refractivity contribution >= 4 is 5.96 Å². The summed E-state index contributed by atoms with van der Waals surface area (Å²) in [6, 6.07) is 6.24. The molecule has 2 N–H and O–H groups in total. The van der Waals surface area contributed by atoms with E-state index >= 15 is 0 Å². The molecule has 1 saturated carbocycles. The molecule has 0 heterocycles. The Labute approximate surface area is 128 Å². The van der Waals surface area contributed by atoms with Crippen LogP contribution in [0.5, 0.6) is 5.75 Å². The highest BCUT2D eigenvalue weighted by Crippen LogP contribution is 2.31. The van der Waals surface area contributed by atoms with Gasteiger partial charge in [-0.15, -0.1) is 0 Å². The van der Waals surface area contributed by atoms with Crippen LogP contribution in [-0.4, -0.2) is 26.2 Å². The zero-order valence-electron chi connectivity index (χ0n) is 13.4. The molecule has 2 rings (SSSR count). The quantitative estimate of drug-likeness (QED) is 0.599. The highest BCUT2D eigenvalue weighted by atomic mass is 16.5. The minimum atomic E-state index is 0.627. The first-order valence-corrected chi connectivity index (χ1v) is 7.88. The summed E-state index contributed by atoms with van der Waals surface area (Å²) in [6.45, 7) is 6.66. The molecule has 0 amide bonds. The number of hydrogen-bond acceptors (Lipinski definition) is 2. The predicted octanol–water partition coefficient (Wildman–Crippen LogP) is 2.86. The number of rotatable bonds is 7. The molecule has 1 aromatic rings. The Morgan fingerprint density at radius 2 is 2.14 bits per heavy atom. The molecule has 0 saturated heterocycles. The van der Waals surface area contributed by atoms with Gasteiger partial charge >= 0.3 is 0 Å². The van der Waals surface area contributed by atoms with E-state index in [0.29, 0.717) is 6.54 Å². The maximum atomic E-state index is 5.43. The van der Waals surface area contributed by atoms with Crippen LogP contribution in [0.4, 0.5) is 0 Å². The van der Waals surface area contributed by atoms with E-state index in [-0.39, 0.29) is 0 Å². The number of hydrogen-bond donors (Lipinski definition) is 2. The van der Waals surface area contributed by atoms with Gasteiger partial charge in [0.1, 0.15) is 5.75 Å². The third-order valence-corrected chi connectivity index (χ3v) is 3.74. The molecule has 1 fully saturated rings. The lowest BCUT2D eigenvalue weighted by atomic mass is 10.1.